The van der Waals surface area contributed by atoms with Crippen LogP contribution in [0.3, 0.4) is 0 Å². The Morgan fingerprint density at radius 1 is 1.29 bits per heavy atom. The Bertz CT molecular complexity index is 801. The summed E-state index contributed by atoms with van der Waals surface area (Å²) >= 11 is 15.1. The SMILES string of the molecule is CC(Oc1ccc(Cl)cc1Br)C(=O)Nc1cc([N+](=O)[O-])ccc1Cl. The molecule has 0 fully saturated rings. The molecule has 24 heavy (non-hydrogen) atoms. The zero-order valence-corrected chi connectivity index (χ0v) is 15.4. The van der Waals surface area contributed by atoms with E-state index in [0.717, 1.165) is 0 Å². The van der Waals surface area contributed by atoms with Gasteiger partial charge in [0, 0.05) is 17.2 Å². The summed E-state index contributed by atoms with van der Waals surface area (Å²) in [5, 5.41) is 14.0. The maximum atomic E-state index is 12.2. The van der Waals surface area contributed by atoms with Gasteiger partial charge >= 0.3 is 0 Å². The van der Waals surface area contributed by atoms with Crippen LogP contribution in [0.4, 0.5) is 11.4 Å². The van der Waals surface area contributed by atoms with Gasteiger partial charge in [0.25, 0.3) is 11.6 Å². The highest BCUT2D eigenvalue weighted by atomic mass is 79.9. The number of benzene rings is 2. The first-order valence-electron chi connectivity index (χ1n) is 6.64. The number of ether oxygens (including phenoxy) is 1. The summed E-state index contributed by atoms with van der Waals surface area (Å²) in [6, 6.07) is 8.67. The lowest BCUT2D eigenvalue weighted by Gasteiger charge is -2.16. The molecule has 0 saturated carbocycles. The summed E-state index contributed by atoms with van der Waals surface area (Å²) in [6.45, 7) is 1.54. The molecule has 0 spiro atoms. The molecule has 0 radical (unpaired) electrons. The number of carbonyl (C=O) groups is 1. The minimum atomic E-state index is -0.863. The van der Waals surface area contributed by atoms with Gasteiger partial charge in [0.15, 0.2) is 6.10 Å². The second-order valence-corrected chi connectivity index (χ2v) is 6.44. The van der Waals surface area contributed by atoms with Crippen molar-refractivity contribution in [3.05, 3.63) is 61.0 Å². The van der Waals surface area contributed by atoms with E-state index in [0.29, 0.717) is 15.2 Å². The van der Waals surface area contributed by atoms with Crippen LogP contribution in [-0.2, 0) is 4.79 Å². The molecule has 1 N–H and O–H groups in total. The number of nitro benzene ring substituents is 1. The number of nitrogens with one attached hydrogen (secondary N) is 1. The number of carbonyl (C=O) groups excluding carboxylic acids is 1. The largest absolute Gasteiger partial charge is 0.480 e. The first-order chi connectivity index (χ1) is 11.3. The Hall–Kier alpha value is -1.83. The number of hydrogen-bond donors (Lipinski definition) is 1. The van der Waals surface area contributed by atoms with Gasteiger partial charge in [-0.1, -0.05) is 23.2 Å². The second-order valence-electron chi connectivity index (χ2n) is 4.75. The number of halogens is 3. The van der Waals surface area contributed by atoms with Gasteiger partial charge in [-0.25, -0.2) is 0 Å². The van der Waals surface area contributed by atoms with Crippen LogP contribution < -0.4 is 10.1 Å². The summed E-state index contributed by atoms with van der Waals surface area (Å²) in [5.74, 6) is -0.0635. The van der Waals surface area contributed by atoms with E-state index in [9.17, 15) is 14.9 Å². The molecule has 9 heteroatoms. The number of nitro groups is 1. The average Bonchev–Trinajstić information content (AvgIpc) is 2.51. The van der Waals surface area contributed by atoms with E-state index in [-0.39, 0.29) is 16.4 Å². The Labute approximate surface area is 156 Å². The molecule has 0 aromatic heterocycles. The number of rotatable bonds is 5. The summed E-state index contributed by atoms with van der Waals surface area (Å²) in [4.78, 5) is 22.4. The van der Waals surface area contributed by atoms with Gasteiger partial charge in [-0.15, -0.1) is 0 Å². The van der Waals surface area contributed by atoms with Gasteiger partial charge in [0.2, 0.25) is 0 Å². The van der Waals surface area contributed by atoms with E-state index in [1.807, 2.05) is 0 Å². The minimum absolute atomic E-state index is 0.140. The fourth-order valence-corrected chi connectivity index (χ4v) is 2.71. The van der Waals surface area contributed by atoms with Gasteiger partial charge in [0.1, 0.15) is 5.75 Å². The second kappa shape index (κ2) is 7.83. The quantitative estimate of drug-likeness (QED) is 0.527. The van der Waals surface area contributed by atoms with Crippen LogP contribution in [0, 0.1) is 10.1 Å². The molecule has 126 valence electrons. The van der Waals surface area contributed by atoms with E-state index in [1.54, 1.807) is 25.1 Å². The van der Waals surface area contributed by atoms with E-state index in [4.69, 9.17) is 27.9 Å². The molecule has 6 nitrogen and oxygen atoms in total. The van der Waals surface area contributed by atoms with Crippen LogP contribution in [-0.4, -0.2) is 16.9 Å². The van der Waals surface area contributed by atoms with Crippen LogP contribution in [0.1, 0.15) is 6.92 Å². The van der Waals surface area contributed by atoms with Crippen LogP contribution in [0.5, 0.6) is 5.75 Å². The molecule has 0 heterocycles. The average molecular weight is 434 g/mol. The van der Waals surface area contributed by atoms with Gasteiger partial charge in [-0.3, -0.25) is 14.9 Å². The van der Waals surface area contributed by atoms with Crippen molar-refractivity contribution in [1.82, 2.24) is 0 Å². The third kappa shape index (κ3) is 4.59. The molecular weight excluding hydrogens is 423 g/mol. The third-order valence-electron chi connectivity index (χ3n) is 2.99. The molecule has 0 aliphatic rings. The van der Waals surface area contributed by atoms with Crippen LogP contribution in [0.25, 0.3) is 0 Å². The molecule has 1 unspecified atom stereocenters. The normalized spacial score (nSPS) is 11.7. The molecular formula is C15H11BrCl2N2O4. The molecule has 1 atom stereocenters. The van der Waals surface area contributed by atoms with Crippen molar-refractivity contribution in [3.63, 3.8) is 0 Å². The molecule has 2 aromatic carbocycles. The van der Waals surface area contributed by atoms with E-state index < -0.39 is 16.9 Å². The molecule has 1 amide bonds. The fraction of sp³-hybridized carbons (Fsp3) is 0.133. The Balaban J connectivity index is 2.11. The van der Waals surface area contributed by atoms with Gasteiger partial charge in [-0.05, 0) is 47.1 Å². The maximum absolute atomic E-state index is 12.2. The molecule has 0 aliphatic heterocycles. The van der Waals surface area contributed by atoms with Crippen molar-refractivity contribution in [2.75, 3.05) is 5.32 Å². The predicted octanol–water partition coefficient (Wildman–Crippen LogP) is 5.07. The van der Waals surface area contributed by atoms with E-state index in [2.05, 4.69) is 21.2 Å². The lowest BCUT2D eigenvalue weighted by molar-refractivity contribution is -0.384. The Morgan fingerprint density at radius 2 is 2.00 bits per heavy atom. The first-order valence-corrected chi connectivity index (χ1v) is 8.19. The molecule has 0 bridgehead atoms. The van der Waals surface area contributed by atoms with Crippen LogP contribution in [0.2, 0.25) is 10.0 Å². The lowest BCUT2D eigenvalue weighted by Crippen LogP contribution is -2.30. The van der Waals surface area contributed by atoms with Gasteiger partial charge in [-0.2, -0.15) is 0 Å². The molecule has 0 aliphatic carbocycles. The maximum Gasteiger partial charge on any atom is 0.271 e. The highest BCUT2D eigenvalue weighted by Crippen LogP contribution is 2.30. The fourth-order valence-electron chi connectivity index (χ4n) is 1.77. The molecule has 2 rings (SSSR count). The predicted molar refractivity (Wildman–Crippen MR) is 96.0 cm³/mol. The van der Waals surface area contributed by atoms with Crippen LogP contribution >= 0.6 is 39.1 Å². The van der Waals surface area contributed by atoms with E-state index in [1.165, 1.54) is 18.2 Å². The monoisotopic (exact) mass is 432 g/mol. The van der Waals surface area contributed by atoms with Crippen LogP contribution in [0.15, 0.2) is 40.9 Å². The van der Waals surface area contributed by atoms with Crippen molar-refractivity contribution in [1.29, 1.82) is 0 Å². The Kier molecular flexibility index (Phi) is 6.04. The number of non-ortho nitro benzene ring substituents is 1. The van der Waals surface area contributed by atoms with Crippen molar-refractivity contribution in [2.24, 2.45) is 0 Å². The topological polar surface area (TPSA) is 81.5 Å². The zero-order valence-electron chi connectivity index (χ0n) is 12.3. The van der Waals surface area contributed by atoms with Crippen molar-refractivity contribution >= 4 is 56.4 Å². The highest BCUT2D eigenvalue weighted by molar-refractivity contribution is 9.10. The zero-order chi connectivity index (χ0) is 17.9. The number of anilines is 1. The lowest BCUT2D eigenvalue weighted by atomic mass is 10.2. The Morgan fingerprint density at radius 3 is 2.62 bits per heavy atom. The minimum Gasteiger partial charge on any atom is -0.480 e. The summed E-state index contributed by atoms with van der Waals surface area (Å²) in [7, 11) is 0. The number of nitrogens with zero attached hydrogens (tertiary/aromatic N) is 1. The standard InChI is InChI=1S/C15H11BrCl2N2O4/c1-8(24-14-5-2-9(17)6-11(14)16)15(21)19-13-7-10(20(22)23)3-4-12(13)18/h2-8H,1H3,(H,19,21). The number of amides is 1. The van der Waals surface area contributed by atoms with Crippen molar-refractivity contribution < 1.29 is 14.5 Å². The van der Waals surface area contributed by atoms with Gasteiger partial charge in [0.05, 0.1) is 20.1 Å². The summed E-state index contributed by atoms with van der Waals surface area (Å²) < 4.78 is 6.16. The highest BCUT2D eigenvalue weighted by Gasteiger charge is 2.19. The van der Waals surface area contributed by atoms with Crippen molar-refractivity contribution in [3.8, 4) is 5.75 Å². The summed E-state index contributed by atoms with van der Waals surface area (Å²) in [6.07, 6.45) is -0.863. The molecule has 2 aromatic rings. The van der Waals surface area contributed by atoms with Gasteiger partial charge < -0.3 is 10.1 Å². The third-order valence-corrected chi connectivity index (χ3v) is 4.17. The summed E-state index contributed by atoms with van der Waals surface area (Å²) in [5.41, 5.74) is -0.0368. The first kappa shape index (κ1) is 18.5. The van der Waals surface area contributed by atoms with E-state index >= 15 is 0 Å². The smallest absolute Gasteiger partial charge is 0.271 e. The number of hydrogen-bond acceptors (Lipinski definition) is 4. The van der Waals surface area contributed by atoms with Crippen molar-refractivity contribution in [2.45, 2.75) is 13.0 Å². The molecule has 0 saturated heterocycles.